The molecule has 0 spiro atoms. The van der Waals surface area contributed by atoms with E-state index in [9.17, 15) is 5.26 Å². The van der Waals surface area contributed by atoms with Gasteiger partial charge in [-0.25, -0.2) is 0 Å². The highest BCUT2D eigenvalue weighted by atomic mass is 14.3. The summed E-state index contributed by atoms with van der Waals surface area (Å²) in [6, 6.07) is 18.6. The van der Waals surface area contributed by atoms with Gasteiger partial charge in [0.15, 0.2) is 0 Å². The van der Waals surface area contributed by atoms with E-state index in [4.69, 9.17) is 0 Å². The van der Waals surface area contributed by atoms with Crippen molar-refractivity contribution in [2.24, 2.45) is 0 Å². The van der Waals surface area contributed by atoms with Gasteiger partial charge in [0.1, 0.15) is 0 Å². The van der Waals surface area contributed by atoms with Gasteiger partial charge in [0.25, 0.3) is 0 Å². The maximum absolute atomic E-state index is 9.38. The van der Waals surface area contributed by atoms with Crippen LogP contribution in [-0.4, -0.2) is 0 Å². The lowest BCUT2D eigenvalue weighted by atomic mass is 9.89. The minimum atomic E-state index is -0.170. The van der Waals surface area contributed by atoms with Crippen LogP contribution in [0.2, 0.25) is 0 Å². The van der Waals surface area contributed by atoms with Crippen LogP contribution in [0.4, 0.5) is 0 Å². The quantitative estimate of drug-likeness (QED) is 0.753. The van der Waals surface area contributed by atoms with Crippen LogP contribution in [0.5, 0.6) is 0 Å². The molecule has 1 heteroatoms. The van der Waals surface area contributed by atoms with Gasteiger partial charge >= 0.3 is 0 Å². The smallest absolute Gasteiger partial charge is 0.0965 e. The van der Waals surface area contributed by atoms with E-state index in [1.807, 2.05) is 30.3 Å². The van der Waals surface area contributed by atoms with E-state index in [0.717, 1.165) is 11.1 Å². The SMILES string of the molecule is Cc1ccc([C@H](C#N)c2ccccc2)c(C)c1. The van der Waals surface area contributed by atoms with E-state index in [0.29, 0.717) is 0 Å². The molecule has 0 unspecified atom stereocenters. The van der Waals surface area contributed by atoms with Crippen molar-refractivity contribution in [3.05, 3.63) is 70.8 Å². The number of hydrogen-bond donors (Lipinski definition) is 0. The van der Waals surface area contributed by atoms with E-state index in [1.54, 1.807) is 0 Å². The molecule has 0 bridgehead atoms. The topological polar surface area (TPSA) is 23.8 Å². The third-order valence-corrected chi connectivity index (χ3v) is 3.00. The van der Waals surface area contributed by atoms with Crippen LogP contribution < -0.4 is 0 Å². The highest BCUT2D eigenvalue weighted by Gasteiger charge is 2.14. The molecule has 0 amide bonds. The molecular formula is C16H15N. The Hall–Kier alpha value is -2.07. The predicted molar refractivity (Wildman–Crippen MR) is 69.8 cm³/mol. The first-order valence-electron chi connectivity index (χ1n) is 5.74. The number of benzene rings is 2. The van der Waals surface area contributed by atoms with Gasteiger partial charge in [-0.3, -0.25) is 0 Å². The Morgan fingerprint density at radius 1 is 1.00 bits per heavy atom. The van der Waals surface area contributed by atoms with Crippen molar-refractivity contribution in [1.29, 1.82) is 5.26 Å². The lowest BCUT2D eigenvalue weighted by Crippen LogP contribution is -2.00. The Morgan fingerprint density at radius 2 is 1.71 bits per heavy atom. The van der Waals surface area contributed by atoms with Gasteiger partial charge in [-0.1, -0.05) is 54.1 Å². The highest BCUT2D eigenvalue weighted by Crippen LogP contribution is 2.26. The monoisotopic (exact) mass is 221 g/mol. The zero-order chi connectivity index (χ0) is 12.3. The van der Waals surface area contributed by atoms with Gasteiger partial charge in [0.05, 0.1) is 12.0 Å². The molecule has 1 nitrogen and oxygen atoms in total. The van der Waals surface area contributed by atoms with Crippen LogP contribution in [-0.2, 0) is 0 Å². The van der Waals surface area contributed by atoms with Crippen LogP contribution >= 0.6 is 0 Å². The molecule has 0 fully saturated rings. The molecule has 0 aliphatic carbocycles. The molecule has 17 heavy (non-hydrogen) atoms. The van der Waals surface area contributed by atoms with E-state index in [-0.39, 0.29) is 5.92 Å². The Balaban J connectivity index is 2.47. The molecule has 0 saturated heterocycles. The maximum atomic E-state index is 9.38. The predicted octanol–water partition coefficient (Wildman–Crippen LogP) is 3.96. The molecule has 84 valence electrons. The minimum Gasteiger partial charge on any atom is -0.197 e. The number of rotatable bonds is 2. The van der Waals surface area contributed by atoms with Gasteiger partial charge in [0, 0.05) is 0 Å². The number of hydrogen-bond acceptors (Lipinski definition) is 1. The van der Waals surface area contributed by atoms with E-state index >= 15 is 0 Å². The summed E-state index contributed by atoms with van der Waals surface area (Å²) in [6.45, 7) is 4.14. The Kier molecular flexibility index (Phi) is 3.25. The first kappa shape index (κ1) is 11.4. The van der Waals surface area contributed by atoms with E-state index in [1.165, 1.54) is 11.1 Å². The summed E-state index contributed by atoms with van der Waals surface area (Å²) in [7, 11) is 0. The van der Waals surface area contributed by atoms with Crippen molar-refractivity contribution in [3.63, 3.8) is 0 Å². The minimum absolute atomic E-state index is 0.170. The second-order valence-corrected chi connectivity index (χ2v) is 4.33. The Labute approximate surface area is 102 Å². The molecule has 2 aromatic carbocycles. The molecule has 2 rings (SSSR count). The van der Waals surface area contributed by atoms with Gasteiger partial charge in [-0.2, -0.15) is 5.26 Å². The number of aryl methyl sites for hydroxylation is 2. The molecular weight excluding hydrogens is 206 g/mol. The fourth-order valence-corrected chi connectivity index (χ4v) is 2.12. The Bertz CT molecular complexity index is 549. The molecule has 2 aromatic rings. The first-order chi connectivity index (χ1) is 8.22. The second-order valence-electron chi connectivity index (χ2n) is 4.33. The molecule has 1 atom stereocenters. The van der Waals surface area contributed by atoms with Crippen molar-refractivity contribution >= 4 is 0 Å². The first-order valence-corrected chi connectivity index (χ1v) is 5.74. The summed E-state index contributed by atoms with van der Waals surface area (Å²) in [6.07, 6.45) is 0. The molecule has 0 saturated carbocycles. The van der Waals surface area contributed by atoms with Crippen LogP contribution in [0.15, 0.2) is 48.5 Å². The molecule has 0 heterocycles. The van der Waals surface area contributed by atoms with Crippen molar-refractivity contribution in [2.75, 3.05) is 0 Å². The largest absolute Gasteiger partial charge is 0.197 e. The lowest BCUT2D eigenvalue weighted by molar-refractivity contribution is 1.02. The van der Waals surface area contributed by atoms with Crippen molar-refractivity contribution in [3.8, 4) is 6.07 Å². The summed E-state index contributed by atoms with van der Waals surface area (Å²) in [5, 5.41) is 9.38. The molecule has 0 aromatic heterocycles. The zero-order valence-corrected chi connectivity index (χ0v) is 10.1. The normalized spacial score (nSPS) is 11.8. The van der Waals surface area contributed by atoms with Crippen LogP contribution in [0.3, 0.4) is 0 Å². The summed E-state index contributed by atoms with van der Waals surface area (Å²) >= 11 is 0. The molecule has 0 aliphatic heterocycles. The van der Waals surface area contributed by atoms with Crippen molar-refractivity contribution in [2.45, 2.75) is 19.8 Å². The summed E-state index contributed by atoms with van der Waals surface area (Å²) in [5.74, 6) is -0.170. The third kappa shape index (κ3) is 2.37. The molecule has 0 N–H and O–H groups in total. The van der Waals surface area contributed by atoms with Gasteiger partial charge in [-0.05, 0) is 30.5 Å². The fourth-order valence-electron chi connectivity index (χ4n) is 2.12. The van der Waals surface area contributed by atoms with Gasteiger partial charge < -0.3 is 0 Å². The van der Waals surface area contributed by atoms with Crippen LogP contribution in [0.25, 0.3) is 0 Å². The van der Waals surface area contributed by atoms with E-state index in [2.05, 4.69) is 38.1 Å². The summed E-state index contributed by atoms with van der Waals surface area (Å²) < 4.78 is 0. The third-order valence-electron chi connectivity index (χ3n) is 3.00. The van der Waals surface area contributed by atoms with Gasteiger partial charge in [0.2, 0.25) is 0 Å². The molecule has 0 radical (unpaired) electrons. The second kappa shape index (κ2) is 4.84. The summed E-state index contributed by atoms with van der Waals surface area (Å²) in [5.41, 5.74) is 4.57. The maximum Gasteiger partial charge on any atom is 0.0965 e. The van der Waals surface area contributed by atoms with Crippen LogP contribution in [0.1, 0.15) is 28.2 Å². The lowest BCUT2D eigenvalue weighted by Gasteiger charge is -2.13. The highest BCUT2D eigenvalue weighted by molar-refractivity contribution is 5.43. The summed E-state index contributed by atoms with van der Waals surface area (Å²) in [4.78, 5) is 0. The number of nitrogens with zero attached hydrogens (tertiary/aromatic N) is 1. The van der Waals surface area contributed by atoms with Crippen molar-refractivity contribution < 1.29 is 0 Å². The van der Waals surface area contributed by atoms with Gasteiger partial charge in [-0.15, -0.1) is 0 Å². The van der Waals surface area contributed by atoms with E-state index < -0.39 is 0 Å². The average molecular weight is 221 g/mol. The zero-order valence-electron chi connectivity index (χ0n) is 10.1. The van der Waals surface area contributed by atoms with Crippen LogP contribution in [0, 0.1) is 25.2 Å². The average Bonchev–Trinajstić information content (AvgIpc) is 2.34. The van der Waals surface area contributed by atoms with Crippen molar-refractivity contribution in [1.82, 2.24) is 0 Å². The Morgan fingerprint density at radius 3 is 2.29 bits per heavy atom. The standard InChI is InChI=1S/C16H15N/c1-12-8-9-15(13(2)10-12)16(11-17)14-6-4-3-5-7-14/h3-10,16H,1-2H3/t16-/m1/s1. The fraction of sp³-hybridized carbons (Fsp3) is 0.188. The molecule has 0 aliphatic rings. The number of nitriles is 1.